The zero-order valence-electron chi connectivity index (χ0n) is 13.3. The molecule has 0 bridgehead atoms. The summed E-state index contributed by atoms with van der Waals surface area (Å²) in [4.78, 5) is 23.3. The summed E-state index contributed by atoms with van der Waals surface area (Å²) in [5.41, 5.74) is 0.712. The average molecular weight is 290 g/mol. The highest BCUT2D eigenvalue weighted by atomic mass is 17.2. The van der Waals surface area contributed by atoms with Crippen LogP contribution in [0.4, 0.5) is 0 Å². The molecule has 0 saturated heterocycles. The Balaban J connectivity index is 2.06. The van der Waals surface area contributed by atoms with Crippen LogP contribution in [0.25, 0.3) is 0 Å². The van der Waals surface area contributed by atoms with Gasteiger partial charge in [-0.1, -0.05) is 36.8 Å². The van der Waals surface area contributed by atoms with Crippen LogP contribution in [-0.2, 0) is 14.6 Å². The number of ketones is 1. The van der Waals surface area contributed by atoms with E-state index in [0.29, 0.717) is 18.6 Å². The van der Waals surface area contributed by atoms with Crippen LogP contribution >= 0.6 is 0 Å². The number of benzene rings is 1. The second-order valence-corrected chi connectivity index (χ2v) is 6.84. The molecule has 1 aromatic rings. The molecule has 21 heavy (non-hydrogen) atoms. The summed E-state index contributed by atoms with van der Waals surface area (Å²) in [5.74, 6) is 0.481. The average Bonchev–Trinajstić information content (AvgIpc) is 2.45. The van der Waals surface area contributed by atoms with Gasteiger partial charge in [-0.15, -0.1) is 0 Å². The van der Waals surface area contributed by atoms with Crippen molar-refractivity contribution in [1.29, 1.82) is 0 Å². The first-order valence-corrected chi connectivity index (χ1v) is 7.88. The van der Waals surface area contributed by atoms with E-state index in [-0.39, 0.29) is 17.6 Å². The SMILES string of the molecule is CC(C)(C)OOC(CC1CCCCC1=O)c1ccccc1. The lowest BCUT2D eigenvalue weighted by Crippen LogP contribution is -2.25. The van der Waals surface area contributed by atoms with E-state index >= 15 is 0 Å². The van der Waals surface area contributed by atoms with Gasteiger partial charge in [0, 0.05) is 12.3 Å². The maximum atomic E-state index is 12.1. The van der Waals surface area contributed by atoms with Crippen LogP contribution in [0.15, 0.2) is 30.3 Å². The molecule has 3 nitrogen and oxygen atoms in total. The molecular formula is C18H26O3. The standard InChI is InChI=1S/C18H26O3/c1-18(2,3)21-20-17(14-9-5-4-6-10-14)13-15-11-7-8-12-16(15)19/h4-6,9-10,15,17H,7-8,11-13H2,1-3H3. The van der Waals surface area contributed by atoms with E-state index in [1.54, 1.807) is 0 Å². The van der Waals surface area contributed by atoms with Crippen LogP contribution in [-0.4, -0.2) is 11.4 Å². The second-order valence-electron chi connectivity index (χ2n) is 6.84. The van der Waals surface area contributed by atoms with Gasteiger partial charge in [0.05, 0.1) is 5.60 Å². The van der Waals surface area contributed by atoms with Gasteiger partial charge in [-0.3, -0.25) is 4.79 Å². The molecule has 0 N–H and O–H groups in total. The fraction of sp³-hybridized carbons (Fsp3) is 0.611. The van der Waals surface area contributed by atoms with Gasteiger partial charge in [0.15, 0.2) is 0 Å². The topological polar surface area (TPSA) is 35.5 Å². The summed E-state index contributed by atoms with van der Waals surface area (Å²) < 4.78 is 0. The highest BCUT2D eigenvalue weighted by Gasteiger charge is 2.28. The summed E-state index contributed by atoms with van der Waals surface area (Å²) in [5, 5.41) is 0. The first-order valence-electron chi connectivity index (χ1n) is 7.88. The Labute approximate surface area is 127 Å². The van der Waals surface area contributed by atoms with E-state index < -0.39 is 0 Å². The molecule has 1 saturated carbocycles. The van der Waals surface area contributed by atoms with Crippen molar-refractivity contribution in [1.82, 2.24) is 0 Å². The van der Waals surface area contributed by atoms with E-state index in [1.165, 1.54) is 0 Å². The minimum absolute atomic E-state index is 0.104. The Morgan fingerprint density at radius 1 is 1.19 bits per heavy atom. The van der Waals surface area contributed by atoms with Crippen molar-refractivity contribution in [2.75, 3.05) is 0 Å². The number of hydrogen-bond acceptors (Lipinski definition) is 3. The van der Waals surface area contributed by atoms with E-state index in [9.17, 15) is 4.79 Å². The molecule has 2 atom stereocenters. The molecule has 0 radical (unpaired) electrons. The summed E-state index contributed by atoms with van der Waals surface area (Å²) in [6, 6.07) is 10.0. The Morgan fingerprint density at radius 3 is 2.52 bits per heavy atom. The largest absolute Gasteiger partial charge is 0.299 e. The van der Waals surface area contributed by atoms with Crippen molar-refractivity contribution in [3.8, 4) is 0 Å². The predicted octanol–water partition coefficient (Wildman–Crippen LogP) is 4.62. The molecule has 0 spiro atoms. The van der Waals surface area contributed by atoms with Crippen molar-refractivity contribution in [3.63, 3.8) is 0 Å². The fourth-order valence-electron chi connectivity index (χ4n) is 2.66. The van der Waals surface area contributed by atoms with Crippen LogP contribution in [0.2, 0.25) is 0 Å². The Bertz CT molecular complexity index is 447. The monoisotopic (exact) mass is 290 g/mol. The Morgan fingerprint density at radius 2 is 1.90 bits per heavy atom. The number of hydrogen-bond donors (Lipinski definition) is 0. The molecular weight excluding hydrogens is 264 g/mol. The van der Waals surface area contributed by atoms with E-state index in [4.69, 9.17) is 9.78 Å². The third kappa shape index (κ3) is 5.25. The summed E-state index contributed by atoms with van der Waals surface area (Å²) in [7, 11) is 0. The lowest BCUT2D eigenvalue weighted by atomic mass is 9.83. The van der Waals surface area contributed by atoms with E-state index in [2.05, 4.69) is 0 Å². The van der Waals surface area contributed by atoms with E-state index in [0.717, 1.165) is 24.8 Å². The van der Waals surface area contributed by atoms with Crippen molar-refractivity contribution >= 4 is 5.78 Å². The molecule has 0 heterocycles. The van der Waals surface area contributed by atoms with Gasteiger partial charge in [0.1, 0.15) is 11.9 Å². The maximum absolute atomic E-state index is 12.1. The van der Waals surface area contributed by atoms with Crippen LogP contribution in [0.3, 0.4) is 0 Å². The number of carbonyl (C=O) groups is 1. The third-order valence-electron chi connectivity index (χ3n) is 3.77. The minimum atomic E-state index is -0.358. The number of rotatable bonds is 5. The summed E-state index contributed by atoms with van der Waals surface area (Å²) in [6.07, 6.45) is 4.38. The third-order valence-corrected chi connectivity index (χ3v) is 3.77. The summed E-state index contributed by atoms with van der Waals surface area (Å²) >= 11 is 0. The van der Waals surface area contributed by atoms with Crippen LogP contribution in [0.1, 0.15) is 64.5 Å². The molecule has 1 fully saturated rings. The molecule has 1 aromatic carbocycles. The quantitative estimate of drug-likeness (QED) is 0.586. The first kappa shape index (κ1) is 16.2. The smallest absolute Gasteiger partial charge is 0.136 e. The molecule has 116 valence electrons. The predicted molar refractivity (Wildman–Crippen MR) is 82.7 cm³/mol. The molecule has 2 unspecified atom stereocenters. The normalized spacial score (nSPS) is 21.3. The lowest BCUT2D eigenvalue weighted by molar-refractivity contribution is -0.377. The Kier molecular flexibility index (Phi) is 5.54. The molecule has 0 aromatic heterocycles. The lowest BCUT2D eigenvalue weighted by Gasteiger charge is -2.27. The molecule has 0 amide bonds. The molecule has 1 aliphatic carbocycles. The van der Waals surface area contributed by atoms with Crippen molar-refractivity contribution in [2.45, 2.75) is 64.6 Å². The second kappa shape index (κ2) is 7.19. The van der Waals surface area contributed by atoms with Crippen molar-refractivity contribution in [2.24, 2.45) is 5.92 Å². The van der Waals surface area contributed by atoms with Gasteiger partial charge in [-0.2, -0.15) is 0 Å². The number of carbonyl (C=O) groups excluding carboxylic acids is 1. The molecule has 1 aliphatic rings. The van der Waals surface area contributed by atoms with Gasteiger partial charge >= 0.3 is 0 Å². The highest BCUT2D eigenvalue weighted by molar-refractivity contribution is 5.81. The van der Waals surface area contributed by atoms with Crippen LogP contribution < -0.4 is 0 Å². The van der Waals surface area contributed by atoms with E-state index in [1.807, 2.05) is 51.1 Å². The first-order chi connectivity index (χ1) is 9.96. The van der Waals surface area contributed by atoms with Gasteiger partial charge in [-0.05, 0) is 45.6 Å². The van der Waals surface area contributed by atoms with Crippen molar-refractivity contribution < 1.29 is 14.6 Å². The van der Waals surface area contributed by atoms with Gasteiger partial charge < -0.3 is 0 Å². The molecule has 0 aliphatic heterocycles. The zero-order chi connectivity index (χ0) is 15.3. The summed E-state index contributed by atoms with van der Waals surface area (Å²) in [6.45, 7) is 5.88. The zero-order valence-corrected chi connectivity index (χ0v) is 13.3. The van der Waals surface area contributed by atoms with Gasteiger partial charge in [0.2, 0.25) is 0 Å². The fourth-order valence-corrected chi connectivity index (χ4v) is 2.66. The van der Waals surface area contributed by atoms with Crippen LogP contribution in [0.5, 0.6) is 0 Å². The minimum Gasteiger partial charge on any atom is -0.299 e. The highest BCUT2D eigenvalue weighted by Crippen LogP contribution is 2.32. The molecule has 2 rings (SSSR count). The van der Waals surface area contributed by atoms with Crippen molar-refractivity contribution in [3.05, 3.63) is 35.9 Å². The van der Waals surface area contributed by atoms with Gasteiger partial charge in [-0.25, -0.2) is 9.78 Å². The Hall–Kier alpha value is -1.19. The van der Waals surface area contributed by atoms with Crippen LogP contribution in [0, 0.1) is 5.92 Å². The van der Waals surface area contributed by atoms with Gasteiger partial charge in [0.25, 0.3) is 0 Å². The number of Topliss-reactive ketones (excluding diaryl/α,β-unsaturated/α-hetero) is 1. The maximum Gasteiger partial charge on any atom is 0.136 e. The molecule has 3 heteroatoms.